The molecule has 19 heavy (non-hydrogen) atoms. The number of fused-ring (bicyclic) bond motifs is 3. The minimum atomic E-state index is 1.11. The monoisotopic (exact) mass is 250 g/mol. The lowest BCUT2D eigenvalue weighted by Crippen LogP contribution is -1.87. The Bertz CT molecular complexity index is 572. The third-order valence-electron chi connectivity index (χ3n) is 3.82. The van der Waals surface area contributed by atoms with Gasteiger partial charge in [0.05, 0.1) is 11.4 Å². The van der Waals surface area contributed by atoms with Gasteiger partial charge < -0.3 is 0 Å². The molecule has 0 N–H and O–H groups in total. The Morgan fingerprint density at radius 3 is 2.58 bits per heavy atom. The van der Waals surface area contributed by atoms with E-state index in [-0.39, 0.29) is 0 Å². The second-order valence-corrected chi connectivity index (χ2v) is 5.29. The normalized spacial score (nSPS) is 11.8. The molecule has 1 nitrogen and oxygen atoms in total. The van der Waals surface area contributed by atoms with Crippen LogP contribution < -0.4 is 5.32 Å². The molecule has 2 aromatic carbocycles. The number of nitrogens with zero attached hydrogens (tertiary/aromatic N) is 1. The molecule has 0 atom stereocenters. The predicted octanol–water partition coefficient (Wildman–Crippen LogP) is 5.36. The summed E-state index contributed by atoms with van der Waals surface area (Å²) in [6.45, 7) is 2.26. The van der Waals surface area contributed by atoms with Crippen molar-refractivity contribution >= 4 is 11.4 Å². The van der Waals surface area contributed by atoms with E-state index in [1.165, 1.54) is 48.8 Å². The van der Waals surface area contributed by atoms with Crippen LogP contribution in [0.2, 0.25) is 0 Å². The first kappa shape index (κ1) is 12.3. The van der Waals surface area contributed by atoms with E-state index in [4.69, 9.17) is 0 Å². The summed E-state index contributed by atoms with van der Waals surface area (Å²) in [6, 6.07) is 15.2. The smallest absolute Gasteiger partial charge is 0.0716 e. The molecule has 2 aromatic rings. The van der Waals surface area contributed by atoms with Crippen molar-refractivity contribution < 1.29 is 0 Å². The lowest BCUT2D eigenvalue weighted by Gasteiger charge is -2.04. The quantitative estimate of drug-likeness (QED) is 0.541. The van der Waals surface area contributed by atoms with E-state index in [0.29, 0.717) is 0 Å². The fourth-order valence-corrected chi connectivity index (χ4v) is 2.74. The van der Waals surface area contributed by atoms with Gasteiger partial charge in [0.2, 0.25) is 0 Å². The van der Waals surface area contributed by atoms with Gasteiger partial charge in [-0.2, -0.15) is 0 Å². The summed E-state index contributed by atoms with van der Waals surface area (Å²) >= 11 is 0. The topological polar surface area (TPSA) is 14.1 Å². The first-order valence-corrected chi connectivity index (χ1v) is 7.32. The van der Waals surface area contributed by atoms with Crippen LogP contribution in [0.25, 0.3) is 11.1 Å². The van der Waals surface area contributed by atoms with Crippen LogP contribution in [0.15, 0.2) is 42.5 Å². The number of unbranched alkanes of at least 4 members (excludes halogenated alkanes) is 3. The summed E-state index contributed by atoms with van der Waals surface area (Å²) in [4.78, 5) is 0. The summed E-state index contributed by atoms with van der Waals surface area (Å²) < 4.78 is 0. The SMILES string of the molecule is CCCCCCc1ccc2c(c1)-c1ccccc1[N]2. The lowest BCUT2D eigenvalue weighted by molar-refractivity contribution is 0.667. The van der Waals surface area contributed by atoms with Gasteiger partial charge in [-0.1, -0.05) is 50.5 Å². The Kier molecular flexibility index (Phi) is 3.54. The van der Waals surface area contributed by atoms with E-state index in [9.17, 15) is 0 Å². The summed E-state index contributed by atoms with van der Waals surface area (Å²) in [5.74, 6) is 0. The van der Waals surface area contributed by atoms with Gasteiger partial charge >= 0.3 is 0 Å². The molecular formula is C18H20N. The molecule has 0 aromatic heterocycles. The molecule has 3 rings (SSSR count). The summed E-state index contributed by atoms with van der Waals surface area (Å²) in [7, 11) is 0. The van der Waals surface area contributed by atoms with E-state index in [2.05, 4.69) is 54.7 Å². The molecule has 0 aliphatic carbocycles. The van der Waals surface area contributed by atoms with Crippen LogP contribution in [-0.4, -0.2) is 0 Å². The standard InChI is InChI=1S/C18H20N/c1-2-3-4-5-8-14-11-12-18-16(13-14)15-9-6-7-10-17(15)19-18/h6-7,9-13H,2-5,8H2,1H3. The molecule has 0 fully saturated rings. The lowest BCUT2D eigenvalue weighted by atomic mass is 10.00. The average molecular weight is 250 g/mol. The molecular weight excluding hydrogens is 230 g/mol. The van der Waals surface area contributed by atoms with Crippen molar-refractivity contribution in [2.45, 2.75) is 39.0 Å². The van der Waals surface area contributed by atoms with Crippen LogP contribution in [0.5, 0.6) is 0 Å². The molecule has 1 aliphatic rings. The average Bonchev–Trinajstić information content (AvgIpc) is 2.82. The Labute approximate surface area is 115 Å². The molecule has 0 unspecified atom stereocenters. The molecule has 0 saturated carbocycles. The van der Waals surface area contributed by atoms with Crippen molar-refractivity contribution in [1.29, 1.82) is 0 Å². The van der Waals surface area contributed by atoms with Crippen LogP contribution in [0.3, 0.4) is 0 Å². The Morgan fingerprint density at radius 1 is 0.842 bits per heavy atom. The van der Waals surface area contributed by atoms with E-state index in [1.807, 2.05) is 0 Å². The fraction of sp³-hybridized carbons (Fsp3) is 0.333. The summed E-state index contributed by atoms with van der Waals surface area (Å²) in [5, 5.41) is 4.67. The minimum Gasteiger partial charge on any atom is -0.248 e. The van der Waals surface area contributed by atoms with E-state index in [0.717, 1.165) is 11.4 Å². The molecule has 1 aliphatic heterocycles. The predicted molar refractivity (Wildman–Crippen MR) is 81.2 cm³/mol. The van der Waals surface area contributed by atoms with Crippen molar-refractivity contribution in [3.05, 3.63) is 48.0 Å². The number of hydrogen-bond donors (Lipinski definition) is 0. The largest absolute Gasteiger partial charge is 0.248 e. The second kappa shape index (κ2) is 5.48. The van der Waals surface area contributed by atoms with Crippen LogP contribution >= 0.6 is 0 Å². The molecule has 0 bridgehead atoms. The van der Waals surface area contributed by atoms with Crippen LogP contribution in [-0.2, 0) is 6.42 Å². The number of benzene rings is 2. The first-order chi connectivity index (χ1) is 9.38. The van der Waals surface area contributed by atoms with Gasteiger partial charge in [0.15, 0.2) is 0 Å². The first-order valence-electron chi connectivity index (χ1n) is 7.32. The fourth-order valence-electron chi connectivity index (χ4n) is 2.74. The molecule has 1 heterocycles. The Hall–Kier alpha value is -1.76. The van der Waals surface area contributed by atoms with Gasteiger partial charge in [-0.15, -0.1) is 0 Å². The highest BCUT2D eigenvalue weighted by Crippen LogP contribution is 2.42. The second-order valence-electron chi connectivity index (χ2n) is 5.29. The number of hydrogen-bond acceptors (Lipinski definition) is 0. The zero-order valence-electron chi connectivity index (χ0n) is 11.5. The van der Waals surface area contributed by atoms with E-state index >= 15 is 0 Å². The van der Waals surface area contributed by atoms with E-state index in [1.54, 1.807) is 0 Å². The summed E-state index contributed by atoms with van der Waals surface area (Å²) in [6.07, 6.45) is 6.48. The Morgan fingerprint density at radius 2 is 1.68 bits per heavy atom. The van der Waals surface area contributed by atoms with Gasteiger partial charge in [0, 0.05) is 11.1 Å². The van der Waals surface area contributed by atoms with Gasteiger partial charge in [-0.05, 0) is 36.6 Å². The van der Waals surface area contributed by atoms with Crippen molar-refractivity contribution in [2.24, 2.45) is 0 Å². The molecule has 1 radical (unpaired) electrons. The van der Waals surface area contributed by atoms with Crippen molar-refractivity contribution in [3.63, 3.8) is 0 Å². The third-order valence-corrected chi connectivity index (χ3v) is 3.82. The van der Waals surface area contributed by atoms with Gasteiger partial charge in [-0.3, -0.25) is 0 Å². The molecule has 0 amide bonds. The highest BCUT2D eigenvalue weighted by atomic mass is 14.9. The third kappa shape index (κ3) is 2.51. The van der Waals surface area contributed by atoms with Gasteiger partial charge in [-0.25, -0.2) is 5.32 Å². The number of aryl methyl sites for hydroxylation is 1. The zero-order chi connectivity index (χ0) is 13.1. The maximum absolute atomic E-state index is 4.67. The molecule has 0 saturated heterocycles. The molecule has 97 valence electrons. The minimum absolute atomic E-state index is 1.11. The van der Waals surface area contributed by atoms with Gasteiger partial charge in [0.25, 0.3) is 0 Å². The van der Waals surface area contributed by atoms with Crippen LogP contribution in [0, 0.1) is 0 Å². The van der Waals surface area contributed by atoms with Crippen molar-refractivity contribution in [1.82, 2.24) is 5.32 Å². The highest BCUT2D eigenvalue weighted by molar-refractivity contribution is 5.90. The molecule has 0 spiro atoms. The van der Waals surface area contributed by atoms with Crippen LogP contribution in [0.4, 0.5) is 11.4 Å². The van der Waals surface area contributed by atoms with Gasteiger partial charge in [0.1, 0.15) is 0 Å². The maximum Gasteiger partial charge on any atom is 0.0716 e. The highest BCUT2D eigenvalue weighted by Gasteiger charge is 2.18. The van der Waals surface area contributed by atoms with Crippen molar-refractivity contribution in [2.75, 3.05) is 0 Å². The summed E-state index contributed by atoms with van der Waals surface area (Å²) in [5.41, 5.74) is 6.28. The Balaban J connectivity index is 1.78. The number of para-hydroxylation sites is 1. The number of rotatable bonds is 5. The van der Waals surface area contributed by atoms with Crippen molar-refractivity contribution in [3.8, 4) is 11.1 Å². The zero-order valence-corrected chi connectivity index (χ0v) is 11.5. The maximum atomic E-state index is 4.67. The van der Waals surface area contributed by atoms with Crippen LogP contribution in [0.1, 0.15) is 38.2 Å². The van der Waals surface area contributed by atoms with E-state index < -0.39 is 0 Å². The molecule has 1 heteroatoms.